The molecule has 0 saturated carbocycles. The van der Waals surface area contributed by atoms with Gasteiger partial charge in [-0.2, -0.15) is 18.4 Å². The largest absolute Gasteiger partial charge is 0.459 e. The Labute approximate surface area is 225 Å². The number of carbonyl (C=O) groups excluding carboxylic acids is 3. The topological polar surface area (TPSA) is 90.7 Å². The van der Waals surface area contributed by atoms with Gasteiger partial charge < -0.3 is 9.64 Å². The molecular weight excluding hydrogens is 511 g/mol. The first-order valence-electron chi connectivity index (χ1n) is 12.3. The summed E-state index contributed by atoms with van der Waals surface area (Å²) in [5.41, 5.74) is -0.842. The van der Waals surface area contributed by atoms with Gasteiger partial charge in [-0.15, -0.1) is 0 Å². The molecule has 0 aromatic heterocycles. The number of hydrogen-bond acceptors (Lipinski definition) is 5. The lowest BCUT2D eigenvalue weighted by Gasteiger charge is -2.43. The Hall–Kier alpha value is -4.13. The quantitative estimate of drug-likeness (QED) is 0.395. The highest BCUT2D eigenvalue weighted by Gasteiger charge is 2.44. The molecule has 39 heavy (non-hydrogen) atoms. The third-order valence-corrected chi connectivity index (χ3v) is 6.04. The number of esters is 1. The number of ether oxygens (including phenoxy) is 1. The van der Waals surface area contributed by atoms with Crippen LogP contribution in [-0.2, 0) is 20.5 Å². The Kier molecular flexibility index (Phi) is 8.24. The summed E-state index contributed by atoms with van der Waals surface area (Å²) >= 11 is 0. The van der Waals surface area contributed by atoms with Crippen molar-refractivity contribution in [1.82, 2.24) is 4.90 Å². The van der Waals surface area contributed by atoms with Gasteiger partial charge in [0.2, 0.25) is 0 Å². The van der Waals surface area contributed by atoms with Crippen LogP contribution in [0.15, 0.2) is 59.8 Å². The monoisotopic (exact) mass is 541 g/mol. The minimum atomic E-state index is -4.66. The number of anilines is 1. The molecule has 2 aromatic rings. The summed E-state index contributed by atoms with van der Waals surface area (Å²) in [4.78, 5) is 42.7. The average molecular weight is 542 g/mol. The molecule has 0 saturated heterocycles. The van der Waals surface area contributed by atoms with Crippen LogP contribution in [0.25, 0.3) is 0 Å². The molecule has 0 N–H and O–H groups in total. The third kappa shape index (κ3) is 6.48. The fourth-order valence-electron chi connectivity index (χ4n) is 4.36. The Morgan fingerprint density at radius 2 is 1.69 bits per heavy atom. The number of nitrogens with zero attached hydrogens (tertiary/aromatic N) is 3. The van der Waals surface area contributed by atoms with Crippen LogP contribution >= 0.6 is 0 Å². The molecule has 0 aliphatic carbocycles. The Bertz CT molecular complexity index is 1350. The van der Waals surface area contributed by atoms with Gasteiger partial charge in [0.1, 0.15) is 12.1 Å². The van der Waals surface area contributed by atoms with Crippen molar-refractivity contribution >= 4 is 23.5 Å². The summed E-state index contributed by atoms with van der Waals surface area (Å²) in [7, 11) is 0. The molecule has 7 nitrogen and oxygen atoms in total. The zero-order valence-electron chi connectivity index (χ0n) is 22.6. The smallest absolute Gasteiger partial charge is 0.416 e. The summed E-state index contributed by atoms with van der Waals surface area (Å²) in [6, 6.07) is 10.6. The van der Waals surface area contributed by atoms with Crippen molar-refractivity contribution in [1.29, 1.82) is 5.26 Å². The molecule has 1 atom stereocenters. The summed E-state index contributed by atoms with van der Waals surface area (Å²) in [6.07, 6.45) is -4.66. The predicted octanol–water partition coefficient (Wildman–Crippen LogP) is 6.40. The van der Waals surface area contributed by atoms with Gasteiger partial charge in [0, 0.05) is 17.2 Å². The van der Waals surface area contributed by atoms with Gasteiger partial charge in [0.05, 0.1) is 28.9 Å². The van der Waals surface area contributed by atoms with Crippen LogP contribution in [0.5, 0.6) is 0 Å². The third-order valence-electron chi connectivity index (χ3n) is 6.04. The minimum absolute atomic E-state index is 0.103. The molecule has 2 aromatic carbocycles. The number of Topliss-reactive ketones (excluding diaryl/α,β-unsaturated/α-hetero) is 1. The molecule has 10 heteroatoms. The van der Waals surface area contributed by atoms with E-state index in [4.69, 9.17) is 4.74 Å². The number of rotatable bonds is 6. The van der Waals surface area contributed by atoms with Gasteiger partial charge in [-0.1, -0.05) is 32.0 Å². The second-order valence-corrected chi connectivity index (χ2v) is 10.5. The lowest BCUT2D eigenvalue weighted by atomic mass is 9.86. The van der Waals surface area contributed by atoms with Crippen molar-refractivity contribution in [3.63, 3.8) is 0 Å². The van der Waals surface area contributed by atoms with E-state index < -0.39 is 47.8 Å². The number of hydrogen-bond donors (Lipinski definition) is 0. The van der Waals surface area contributed by atoms with Crippen molar-refractivity contribution in [2.45, 2.75) is 59.4 Å². The highest BCUT2D eigenvalue weighted by Crippen LogP contribution is 2.42. The number of allylic oxidation sites excluding steroid dienone is 1. The molecule has 0 spiro atoms. The molecule has 0 bridgehead atoms. The SMILES string of the molecule is CC1=C(C(=O)C(C)C)[C@@H](c2ccc(C#N)cc2)N(CC(=O)OC(C)(C)C)C(=O)N1c1cccc(C(F)(F)F)c1. The predicted molar refractivity (Wildman–Crippen MR) is 138 cm³/mol. The van der Waals surface area contributed by atoms with E-state index in [0.717, 1.165) is 21.9 Å². The Morgan fingerprint density at radius 1 is 1.08 bits per heavy atom. The first kappa shape index (κ1) is 29.4. The van der Waals surface area contributed by atoms with Crippen LogP contribution in [0.1, 0.15) is 64.3 Å². The number of carbonyl (C=O) groups is 3. The summed E-state index contributed by atoms with van der Waals surface area (Å²) in [5.74, 6) is -1.63. The van der Waals surface area contributed by atoms with Crippen molar-refractivity contribution in [2.75, 3.05) is 11.4 Å². The second-order valence-electron chi connectivity index (χ2n) is 10.5. The first-order chi connectivity index (χ1) is 18.0. The first-order valence-corrected chi connectivity index (χ1v) is 12.3. The van der Waals surface area contributed by atoms with Crippen molar-refractivity contribution in [3.8, 4) is 6.07 Å². The molecule has 0 fully saturated rings. The zero-order valence-corrected chi connectivity index (χ0v) is 22.6. The lowest BCUT2D eigenvalue weighted by molar-refractivity contribution is -0.156. The van der Waals surface area contributed by atoms with E-state index in [-0.39, 0.29) is 22.7 Å². The van der Waals surface area contributed by atoms with Gasteiger partial charge in [0.25, 0.3) is 0 Å². The van der Waals surface area contributed by atoms with E-state index in [9.17, 15) is 32.8 Å². The fraction of sp³-hybridized carbons (Fsp3) is 0.379. The number of halogens is 3. The van der Waals surface area contributed by atoms with E-state index in [1.807, 2.05) is 6.07 Å². The molecule has 3 rings (SSSR count). The van der Waals surface area contributed by atoms with Crippen LogP contribution in [0.4, 0.5) is 23.7 Å². The highest BCUT2D eigenvalue weighted by atomic mass is 19.4. The normalized spacial score (nSPS) is 16.4. The minimum Gasteiger partial charge on any atom is -0.459 e. The number of urea groups is 1. The van der Waals surface area contributed by atoms with Gasteiger partial charge in [0.15, 0.2) is 5.78 Å². The van der Waals surface area contributed by atoms with Crippen molar-refractivity contribution in [2.24, 2.45) is 5.92 Å². The summed E-state index contributed by atoms with van der Waals surface area (Å²) < 4.78 is 46.0. The van der Waals surface area contributed by atoms with Crippen LogP contribution < -0.4 is 4.90 Å². The van der Waals surface area contributed by atoms with Crippen LogP contribution in [0.2, 0.25) is 0 Å². The maximum atomic E-state index is 14.0. The van der Waals surface area contributed by atoms with E-state index in [2.05, 4.69) is 0 Å². The van der Waals surface area contributed by atoms with E-state index in [1.165, 1.54) is 31.2 Å². The molecule has 206 valence electrons. The summed E-state index contributed by atoms with van der Waals surface area (Å²) in [6.45, 7) is 9.24. The van der Waals surface area contributed by atoms with Crippen molar-refractivity contribution in [3.05, 3.63) is 76.5 Å². The molecule has 0 radical (unpaired) electrons. The van der Waals surface area contributed by atoms with Gasteiger partial charge >= 0.3 is 18.2 Å². The standard InChI is InChI=1S/C29H30F3N3O4/c1-17(2)26(37)24-18(3)35(22-9-7-8-21(14-22)29(30,31)32)27(38)34(16-23(36)39-28(4,5)6)25(24)20-12-10-19(15-33)11-13-20/h7-14,17,25H,16H2,1-6H3/t25-/m1/s1. The molecular formula is C29H30F3N3O4. The molecule has 1 heterocycles. The van der Waals surface area contributed by atoms with E-state index in [0.29, 0.717) is 11.1 Å². The fourth-order valence-corrected chi connectivity index (χ4v) is 4.36. The van der Waals surface area contributed by atoms with Crippen LogP contribution in [-0.4, -0.2) is 34.8 Å². The number of amides is 2. The molecule has 2 amide bonds. The van der Waals surface area contributed by atoms with Crippen LogP contribution in [0.3, 0.4) is 0 Å². The molecule has 1 aliphatic rings. The van der Waals surface area contributed by atoms with Crippen LogP contribution in [0, 0.1) is 17.2 Å². The molecule has 0 unspecified atom stereocenters. The zero-order chi connectivity index (χ0) is 29.3. The Morgan fingerprint density at radius 3 is 2.21 bits per heavy atom. The van der Waals surface area contributed by atoms with Gasteiger partial charge in [-0.05, 0) is 63.6 Å². The lowest BCUT2D eigenvalue weighted by Crippen LogP contribution is -2.53. The molecule has 1 aliphatic heterocycles. The Balaban J connectivity index is 2.29. The average Bonchev–Trinajstić information content (AvgIpc) is 2.83. The number of nitriles is 1. The summed E-state index contributed by atoms with van der Waals surface area (Å²) in [5, 5.41) is 9.23. The highest BCUT2D eigenvalue weighted by molar-refractivity contribution is 6.07. The van der Waals surface area contributed by atoms with E-state index >= 15 is 0 Å². The van der Waals surface area contributed by atoms with Gasteiger partial charge in [-0.3, -0.25) is 14.5 Å². The number of alkyl halides is 3. The maximum absolute atomic E-state index is 14.0. The van der Waals surface area contributed by atoms with Gasteiger partial charge in [-0.25, -0.2) is 4.79 Å². The van der Waals surface area contributed by atoms with Crippen molar-refractivity contribution < 1.29 is 32.3 Å². The second kappa shape index (κ2) is 10.9. The number of benzene rings is 2. The maximum Gasteiger partial charge on any atom is 0.416 e. The number of ketones is 1. The van der Waals surface area contributed by atoms with E-state index in [1.54, 1.807) is 46.8 Å².